The van der Waals surface area contributed by atoms with Crippen LogP contribution in [-0.4, -0.2) is 31.4 Å². The molecule has 0 aliphatic heterocycles. The molecule has 0 bridgehead atoms. The molecule has 0 saturated carbocycles. The number of imidazole rings is 1. The van der Waals surface area contributed by atoms with Crippen LogP contribution in [-0.2, 0) is 19.6 Å². The van der Waals surface area contributed by atoms with E-state index in [9.17, 15) is 9.59 Å². The highest BCUT2D eigenvalue weighted by Crippen LogP contribution is 2.10. The highest BCUT2D eigenvalue weighted by atomic mass is 16.4. The average Bonchev–Trinajstić information content (AvgIpc) is 3.08. The second-order valence-electron chi connectivity index (χ2n) is 6.62. The lowest BCUT2D eigenvalue weighted by Gasteiger charge is -2.10. The predicted octanol–water partition coefficient (Wildman–Crippen LogP) is 2.83. The average molecular weight is 378 g/mol. The largest absolute Gasteiger partial charge is 0.478 e. The van der Waals surface area contributed by atoms with Gasteiger partial charge in [0.2, 0.25) is 0 Å². The zero-order chi connectivity index (χ0) is 20.1. The number of carboxylic acid groups (broad SMARTS) is 1. The molecule has 0 fully saturated rings. The maximum absolute atomic E-state index is 11.4. The number of rotatable bonds is 8. The molecule has 28 heavy (non-hydrogen) atoms. The third-order valence-corrected chi connectivity index (χ3v) is 4.36. The van der Waals surface area contributed by atoms with E-state index in [0.717, 1.165) is 11.4 Å². The molecule has 2 N–H and O–H groups in total. The van der Waals surface area contributed by atoms with Crippen LogP contribution in [0.25, 0.3) is 0 Å². The van der Waals surface area contributed by atoms with Gasteiger partial charge in [-0.3, -0.25) is 9.78 Å². The van der Waals surface area contributed by atoms with E-state index in [1.54, 1.807) is 32.2 Å². The summed E-state index contributed by atoms with van der Waals surface area (Å²) in [5.41, 5.74) is 3.36. The first kappa shape index (κ1) is 19.4. The van der Waals surface area contributed by atoms with Crippen molar-refractivity contribution in [2.24, 2.45) is 0 Å². The van der Waals surface area contributed by atoms with E-state index in [1.165, 1.54) is 0 Å². The Bertz CT molecular complexity index is 993. The van der Waals surface area contributed by atoms with Crippen LogP contribution in [0.1, 0.15) is 50.4 Å². The van der Waals surface area contributed by atoms with Gasteiger partial charge in [-0.25, -0.2) is 9.78 Å². The molecule has 0 aliphatic rings. The second-order valence-corrected chi connectivity index (χ2v) is 6.62. The molecule has 7 heteroatoms. The Labute approximate surface area is 163 Å². The van der Waals surface area contributed by atoms with Gasteiger partial charge in [-0.2, -0.15) is 0 Å². The fraction of sp³-hybridized carbons (Fsp3) is 0.238. The molecule has 0 atom stereocenters. The topological polar surface area (TPSA) is 97.1 Å². The van der Waals surface area contributed by atoms with Gasteiger partial charge in [0, 0.05) is 36.7 Å². The number of aromatic carboxylic acids is 1. The van der Waals surface area contributed by atoms with Gasteiger partial charge >= 0.3 is 5.97 Å². The Kier molecular flexibility index (Phi) is 5.96. The number of ketones is 1. The number of Topliss-reactive ketones (excluding diaryl/α,β-unsaturated/α-hetero) is 1. The summed E-state index contributed by atoms with van der Waals surface area (Å²) < 4.78 is 2.03. The van der Waals surface area contributed by atoms with E-state index in [0.29, 0.717) is 36.6 Å². The minimum absolute atomic E-state index is 0.0508. The summed E-state index contributed by atoms with van der Waals surface area (Å²) in [5.74, 6) is -0.0466. The van der Waals surface area contributed by atoms with Crippen LogP contribution in [0.5, 0.6) is 0 Å². The van der Waals surface area contributed by atoms with Gasteiger partial charge in [-0.1, -0.05) is 24.3 Å². The fourth-order valence-electron chi connectivity index (χ4n) is 2.95. The van der Waals surface area contributed by atoms with Crippen molar-refractivity contribution < 1.29 is 14.7 Å². The molecule has 0 unspecified atom stereocenters. The van der Waals surface area contributed by atoms with Gasteiger partial charge in [0.05, 0.1) is 17.8 Å². The van der Waals surface area contributed by atoms with Gasteiger partial charge in [0.15, 0.2) is 5.78 Å². The Morgan fingerprint density at radius 1 is 1.11 bits per heavy atom. The third-order valence-electron chi connectivity index (χ3n) is 4.36. The number of carboxylic acids is 1. The number of pyridine rings is 1. The van der Waals surface area contributed by atoms with Crippen molar-refractivity contribution in [2.45, 2.75) is 33.5 Å². The number of hydrogen-bond donors (Lipinski definition) is 2. The van der Waals surface area contributed by atoms with Crippen molar-refractivity contribution in [1.82, 2.24) is 19.9 Å². The molecule has 0 spiro atoms. The molecule has 2 aromatic heterocycles. The third kappa shape index (κ3) is 4.89. The summed E-state index contributed by atoms with van der Waals surface area (Å²) >= 11 is 0. The lowest BCUT2D eigenvalue weighted by molar-refractivity contribution is 0.0696. The van der Waals surface area contributed by atoms with Crippen molar-refractivity contribution in [3.05, 3.63) is 82.7 Å². The summed E-state index contributed by atoms with van der Waals surface area (Å²) in [6.07, 6.45) is 3.65. The molecule has 1 aromatic carbocycles. The van der Waals surface area contributed by atoms with Crippen molar-refractivity contribution >= 4 is 11.8 Å². The Morgan fingerprint density at radius 3 is 2.54 bits per heavy atom. The number of nitrogens with one attached hydrogen (secondary N) is 1. The zero-order valence-corrected chi connectivity index (χ0v) is 15.8. The standard InChI is InChI=1S/C21H22N4O3/c1-14-9-18(21(27)28)10-19(24-14)11-22-12-20-23-7-8-25(20)13-16-3-5-17(6-4-16)15(2)26/h3-10,22H,11-13H2,1-2H3,(H,27,28). The van der Waals surface area contributed by atoms with Gasteiger partial charge < -0.3 is 15.0 Å². The Hall–Kier alpha value is -3.32. The second kappa shape index (κ2) is 8.58. The lowest BCUT2D eigenvalue weighted by Crippen LogP contribution is -2.18. The van der Waals surface area contributed by atoms with Crippen LogP contribution < -0.4 is 5.32 Å². The van der Waals surface area contributed by atoms with Crippen LogP contribution in [0, 0.1) is 6.92 Å². The van der Waals surface area contributed by atoms with Crippen molar-refractivity contribution in [1.29, 1.82) is 0 Å². The normalized spacial score (nSPS) is 10.8. The van der Waals surface area contributed by atoms with E-state index in [-0.39, 0.29) is 11.3 Å². The summed E-state index contributed by atoms with van der Waals surface area (Å²) in [7, 11) is 0. The van der Waals surface area contributed by atoms with E-state index in [4.69, 9.17) is 5.11 Å². The predicted molar refractivity (Wildman–Crippen MR) is 104 cm³/mol. The maximum atomic E-state index is 11.4. The SMILES string of the molecule is CC(=O)c1ccc(Cn2ccnc2CNCc2cc(C(=O)O)cc(C)n2)cc1. The summed E-state index contributed by atoms with van der Waals surface area (Å²) in [5, 5.41) is 12.4. The zero-order valence-electron chi connectivity index (χ0n) is 15.8. The highest BCUT2D eigenvalue weighted by Gasteiger charge is 2.08. The van der Waals surface area contributed by atoms with E-state index in [1.807, 2.05) is 35.0 Å². The number of carbonyl (C=O) groups excluding carboxylic acids is 1. The molecule has 7 nitrogen and oxygen atoms in total. The fourth-order valence-corrected chi connectivity index (χ4v) is 2.95. The van der Waals surface area contributed by atoms with Gasteiger partial charge in [-0.05, 0) is 31.5 Å². The molecular weight excluding hydrogens is 356 g/mol. The number of nitrogens with zero attached hydrogens (tertiary/aromatic N) is 3. The summed E-state index contributed by atoms with van der Waals surface area (Å²) in [6, 6.07) is 10.7. The molecule has 144 valence electrons. The number of hydrogen-bond acceptors (Lipinski definition) is 5. The molecule has 0 saturated heterocycles. The molecule has 0 aliphatic carbocycles. The van der Waals surface area contributed by atoms with Gasteiger partial charge in [0.1, 0.15) is 5.82 Å². The Balaban J connectivity index is 1.62. The first-order chi connectivity index (χ1) is 13.4. The van der Waals surface area contributed by atoms with Crippen LogP contribution in [0.2, 0.25) is 0 Å². The van der Waals surface area contributed by atoms with Gasteiger partial charge in [0.25, 0.3) is 0 Å². The summed E-state index contributed by atoms with van der Waals surface area (Å²) in [6.45, 7) is 4.96. The lowest BCUT2D eigenvalue weighted by atomic mass is 10.1. The summed E-state index contributed by atoms with van der Waals surface area (Å²) in [4.78, 5) is 31.3. The molecule has 3 rings (SSSR count). The van der Waals surface area contributed by atoms with Crippen LogP contribution in [0.3, 0.4) is 0 Å². The molecule has 3 aromatic rings. The van der Waals surface area contributed by atoms with Crippen molar-refractivity contribution in [3.8, 4) is 0 Å². The minimum atomic E-state index is -0.960. The number of carbonyl (C=O) groups is 2. The van der Waals surface area contributed by atoms with E-state index < -0.39 is 5.97 Å². The first-order valence-corrected chi connectivity index (χ1v) is 8.94. The van der Waals surface area contributed by atoms with Crippen LogP contribution in [0.4, 0.5) is 0 Å². The minimum Gasteiger partial charge on any atom is -0.478 e. The molecule has 0 radical (unpaired) electrons. The molecule has 2 heterocycles. The smallest absolute Gasteiger partial charge is 0.335 e. The molecule has 0 amide bonds. The highest BCUT2D eigenvalue weighted by molar-refractivity contribution is 5.94. The quantitative estimate of drug-likeness (QED) is 0.585. The van der Waals surface area contributed by atoms with Crippen LogP contribution >= 0.6 is 0 Å². The van der Waals surface area contributed by atoms with Gasteiger partial charge in [-0.15, -0.1) is 0 Å². The monoisotopic (exact) mass is 378 g/mol. The number of benzene rings is 1. The van der Waals surface area contributed by atoms with E-state index >= 15 is 0 Å². The number of aromatic nitrogens is 3. The maximum Gasteiger partial charge on any atom is 0.335 e. The van der Waals surface area contributed by atoms with E-state index in [2.05, 4.69) is 15.3 Å². The number of aryl methyl sites for hydroxylation is 1. The van der Waals surface area contributed by atoms with Crippen molar-refractivity contribution in [3.63, 3.8) is 0 Å². The molecular formula is C21H22N4O3. The van der Waals surface area contributed by atoms with Crippen LogP contribution in [0.15, 0.2) is 48.8 Å². The first-order valence-electron chi connectivity index (χ1n) is 8.94. The van der Waals surface area contributed by atoms with Crippen molar-refractivity contribution in [2.75, 3.05) is 0 Å². The Morgan fingerprint density at radius 2 is 1.86 bits per heavy atom.